The summed E-state index contributed by atoms with van der Waals surface area (Å²) in [5.41, 5.74) is 0. The third-order valence-electron chi connectivity index (χ3n) is 3.55. The monoisotopic (exact) mass is 301 g/mol. The van der Waals surface area contributed by atoms with Crippen LogP contribution in [0.3, 0.4) is 0 Å². The largest absolute Gasteiger partial charge is 0.240 e. The van der Waals surface area contributed by atoms with Gasteiger partial charge in [-0.1, -0.05) is 43.7 Å². The lowest BCUT2D eigenvalue weighted by atomic mass is 9.97. The molecule has 0 unspecified atom stereocenters. The fourth-order valence-corrected chi connectivity index (χ4v) is 3.91. The van der Waals surface area contributed by atoms with Gasteiger partial charge in [-0.3, -0.25) is 0 Å². The SMILES string of the molecule is O=S(=O)(NC1CCCCCCC1)c1ccc(Cl)cc1. The van der Waals surface area contributed by atoms with Crippen LogP contribution >= 0.6 is 11.6 Å². The number of nitrogens with one attached hydrogen (secondary N) is 1. The van der Waals surface area contributed by atoms with Gasteiger partial charge in [0.15, 0.2) is 0 Å². The van der Waals surface area contributed by atoms with Crippen molar-refractivity contribution in [2.45, 2.75) is 55.9 Å². The van der Waals surface area contributed by atoms with Crippen LogP contribution in [0.5, 0.6) is 0 Å². The standard InChI is InChI=1S/C14H20ClNO2S/c15-12-8-10-14(11-9-12)19(17,18)16-13-6-4-2-1-3-5-7-13/h8-11,13,16H,1-7H2. The Bertz CT molecular complexity index is 491. The lowest BCUT2D eigenvalue weighted by molar-refractivity contribution is 0.426. The highest BCUT2D eigenvalue weighted by molar-refractivity contribution is 7.89. The zero-order chi connectivity index (χ0) is 13.7. The van der Waals surface area contributed by atoms with E-state index in [1.165, 1.54) is 19.3 Å². The van der Waals surface area contributed by atoms with Crippen molar-refractivity contribution in [3.05, 3.63) is 29.3 Å². The number of hydrogen-bond donors (Lipinski definition) is 1. The quantitative estimate of drug-likeness (QED) is 0.924. The van der Waals surface area contributed by atoms with Crippen molar-refractivity contribution in [3.8, 4) is 0 Å². The van der Waals surface area contributed by atoms with Gasteiger partial charge < -0.3 is 0 Å². The Kier molecular flexibility index (Phi) is 5.25. The van der Waals surface area contributed by atoms with Crippen molar-refractivity contribution in [1.29, 1.82) is 0 Å². The lowest BCUT2D eigenvalue weighted by Crippen LogP contribution is -2.35. The maximum atomic E-state index is 12.3. The molecule has 0 bridgehead atoms. The average Bonchev–Trinajstić information content (AvgIpc) is 2.33. The van der Waals surface area contributed by atoms with Crippen LogP contribution < -0.4 is 4.72 Å². The van der Waals surface area contributed by atoms with Gasteiger partial charge in [0.1, 0.15) is 0 Å². The minimum absolute atomic E-state index is 0.0704. The molecular weight excluding hydrogens is 282 g/mol. The number of halogens is 1. The van der Waals surface area contributed by atoms with Gasteiger partial charge in [-0.25, -0.2) is 13.1 Å². The first-order valence-corrected chi connectivity index (χ1v) is 8.72. The van der Waals surface area contributed by atoms with Crippen LogP contribution in [0.1, 0.15) is 44.9 Å². The summed E-state index contributed by atoms with van der Waals surface area (Å²) >= 11 is 5.78. The Morgan fingerprint density at radius 3 is 2.05 bits per heavy atom. The molecule has 0 radical (unpaired) electrons. The van der Waals surface area contributed by atoms with E-state index in [2.05, 4.69) is 4.72 Å². The summed E-state index contributed by atoms with van der Waals surface area (Å²) in [4.78, 5) is 0.291. The van der Waals surface area contributed by atoms with E-state index in [1.807, 2.05) is 0 Å². The Morgan fingerprint density at radius 2 is 1.47 bits per heavy atom. The predicted molar refractivity (Wildman–Crippen MR) is 77.9 cm³/mol. The Hall–Kier alpha value is -0.580. The van der Waals surface area contributed by atoms with Crippen LogP contribution in [0.15, 0.2) is 29.2 Å². The molecule has 3 nitrogen and oxygen atoms in total. The van der Waals surface area contributed by atoms with E-state index in [4.69, 9.17) is 11.6 Å². The highest BCUT2D eigenvalue weighted by atomic mass is 35.5. The number of sulfonamides is 1. The van der Waals surface area contributed by atoms with E-state index in [1.54, 1.807) is 24.3 Å². The van der Waals surface area contributed by atoms with Gasteiger partial charge in [0, 0.05) is 11.1 Å². The molecule has 0 aliphatic heterocycles. The van der Waals surface area contributed by atoms with E-state index in [0.717, 1.165) is 25.7 Å². The molecule has 1 fully saturated rings. The second-order valence-electron chi connectivity index (χ2n) is 5.12. The topological polar surface area (TPSA) is 46.2 Å². The molecule has 1 aliphatic rings. The predicted octanol–water partition coefficient (Wildman–Crippen LogP) is 3.73. The first kappa shape index (κ1) is 14.8. The van der Waals surface area contributed by atoms with Gasteiger partial charge in [0.05, 0.1) is 4.90 Å². The minimum atomic E-state index is -3.41. The summed E-state index contributed by atoms with van der Waals surface area (Å²) in [5, 5.41) is 0.546. The van der Waals surface area contributed by atoms with Crippen LogP contribution in [-0.2, 0) is 10.0 Å². The molecule has 5 heteroatoms. The molecule has 0 amide bonds. The summed E-state index contributed by atoms with van der Waals surface area (Å²) in [6.45, 7) is 0. The maximum Gasteiger partial charge on any atom is 0.240 e. The Labute approximate surface area is 120 Å². The second-order valence-corrected chi connectivity index (χ2v) is 7.27. The number of hydrogen-bond acceptors (Lipinski definition) is 2. The van der Waals surface area contributed by atoms with Gasteiger partial charge in [-0.2, -0.15) is 0 Å². The van der Waals surface area contributed by atoms with E-state index in [-0.39, 0.29) is 6.04 Å². The molecule has 19 heavy (non-hydrogen) atoms. The zero-order valence-corrected chi connectivity index (χ0v) is 12.5. The Morgan fingerprint density at radius 1 is 0.947 bits per heavy atom. The second kappa shape index (κ2) is 6.73. The Balaban J connectivity index is 2.05. The summed E-state index contributed by atoms with van der Waals surface area (Å²) in [6.07, 6.45) is 7.77. The van der Waals surface area contributed by atoms with Crippen molar-refractivity contribution < 1.29 is 8.42 Å². The molecule has 0 aromatic heterocycles. The van der Waals surface area contributed by atoms with E-state index in [0.29, 0.717) is 9.92 Å². The van der Waals surface area contributed by atoms with Gasteiger partial charge >= 0.3 is 0 Å². The van der Waals surface area contributed by atoms with Crippen LogP contribution in [0.25, 0.3) is 0 Å². The fraction of sp³-hybridized carbons (Fsp3) is 0.571. The van der Waals surface area contributed by atoms with Gasteiger partial charge in [-0.15, -0.1) is 0 Å². The molecule has 0 spiro atoms. The molecule has 1 N–H and O–H groups in total. The van der Waals surface area contributed by atoms with Crippen molar-refractivity contribution in [3.63, 3.8) is 0 Å². The highest BCUT2D eigenvalue weighted by Gasteiger charge is 2.20. The van der Waals surface area contributed by atoms with Crippen LogP contribution in [0.2, 0.25) is 5.02 Å². The lowest BCUT2D eigenvalue weighted by Gasteiger charge is -2.20. The summed E-state index contributed by atoms with van der Waals surface area (Å²) in [5.74, 6) is 0. The molecule has 0 heterocycles. The number of benzene rings is 1. The highest BCUT2D eigenvalue weighted by Crippen LogP contribution is 2.20. The van der Waals surface area contributed by atoms with Crippen molar-refractivity contribution in [2.24, 2.45) is 0 Å². The summed E-state index contributed by atoms with van der Waals surface area (Å²) < 4.78 is 27.3. The molecule has 1 saturated carbocycles. The molecular formula is C14H20ClNO2S. The molecule has 106 valence electrons. The molecule has 0 atom stereocenters. The zero-order valence-electron chi connectivity index (χ0n) is 10.9. The molecule has 0 saturated heterocycles. The van der Waals surface area contributed by atoms with Crippen molar-refractivity contribution in [2.75, 3.05) is 0 Å². The number of rotatable bonds is 3. The van der Waals surface area contributed by atoms with Gasteiger partial charge in [-0.05, 0) is 37.1 Å². The molecule has 1 aliphatic carbocycles. The van der Waals surface area contributed by atoms with Crippen LogP contribution in [-0.4, -0.2) is 14.5 Å². The molecule has 1 aromatic rings. The third kappa shape index (κ3) is 4.48. The molecule has 2 rings (SSSR count). The summed E-state index contributed by atoms with van der Waals surface area (Å²) in [7, 11) is -3.41. The van der Waals surface area contributed by atoms with E-state index in [9.17, 15) is 8.42 Å². The van der Waals surface area contributed by atoms with Crippen molar-refractivity contribution in [1.82, 2.24) is 4.72 Å². The van der Waals surface area contributed by atoms with Gasteiger partial charge in [0.2, 0.25) is 10.0 Å². The maximum absolute atomic E-state index is 12.3. The van der Waals surface area contributed by atoms with E-state index < -0.39 is 10.0 Å². The van der Waals surface area contributed by atoms with Crippen LogP contribution in [0.4, 0.5) is 0 Å². The minimum Gasteiger partial charge on any atom is -0.208 e. The first-order chi connectivity index (χ1) is 9.08. The normalized spacial score (nSPS) is 18.8. The molecule has 1 aromatic carbocycles. The summed E-state index contributed by atoms with van der Waals surface area (Å²) in [6, 6.07) is 6.38. The van der Waals surface area contributed by atoms with Crippen molar-refractivity contribution >= 4 is 21.6 Å². The van der Waals surface area contributed by atoms with E-state index >= 15 is 0 Å². The smallest absolute Gasteiger partial charge is 0.208 e. The fourth-order valence-electron chi connectivity index (χ4n) is 2.48. The average molecular weight is 302 g/mol. The van der Waals surface area contributed by atoms with Gasteiger partial charge in [0.25, 0.3) is 0 Å². The van der Waals surface area contributed by atoms with Crippen LogP contribution in [0, 0.1) is 0 Å². The third-order valence-corrected chi connectivity index (χ3v) is 5.34. The first-order valence-electron chi connectivity index (χ1n) is 6.86.